The van der Waals surface area contributed by atoms with Crippen molar-refractivity contribution in [3.8, 4) is 11.5 Å². The highest BCUT2D eigenvalue weighted by atomic mass is 35.5. The monoisotopic (exact) mass is 430 g/mol. The van der Waals surface area contributed by atoms with E-state index >= 15 is 0 Å². The first-order valence-corrected chi connectivity index (χ1v) is 8.30. The van der Waals surface area contributed by atoms with Crippen LogP contribution in [0.5, 0.6) is 11.5 Å². The molecule has 0 N–H and O–H groups in total. The molecule has 0 fully saturated rings. The van der Waals surface area contributed by atoms with E-state index in [-0.39, 0.29) is 34.4 Å². The number of alkyl halides is 3. The van der Waals surface area contributed by atoms with Gasteiger partial charge >= 0.3 is 6.18 Å². The van der Waals surface area contributed by atoms with Crippen LogP contribution in [-0.2, 0) is 17.4 Å². The summed E-state index contributed by atoms with van der Waals surface area (Å²) < 4.78 is 43.7. The zero-order chi connectivity index (χ0) is 18.8. The first-order valence-electron chi connectivity index (χ1n) is 6.79. The normalized spacial score (nSPS) is 11.5. The molecule has 0 unspecified atom stereocenters. The molecule has 2 aromatic rings. The van der Waals surface area contributed by atoms with Gasteiger partial charge in [0, 0.05) is 11.4 Å². The quantitative estimate of drug-likeness (QED) is 0.469. The molecule has 0 heterocycles. The van der Waals surface area contributed by atoms with Crippen LogP contribution in [-0.4, -0.2) is 5.24 Å². The minimum atomic E-state index is -4.58. The minimum Gasteiger partial charge on any atom is -0.454 e. The lowest BCUT2D eigenvalue weighted by Gasteiger charge is -2.14. The molecule has 9 heteroatoms. The van der Waals surface area contributed by atoms with E-state index in [0.717, 1.165) is 12.1 Å². The minimum absolute atomic E-state index is 0.0759. The number of rotatable bonds is 5. The van der Waals surface area contributed by atoms with Crippen molar-refractivity contribution in [3.05, 3.63) is 56.5 Å². The maximum absolute atomic E-state index is 12.7. The summed E-state index contributed by atoms with van der Waals surface area (Å²) in [7, 11) is 0. The lowest BCUT2D eigenvalue weighted by molar-refractivity contribution is -0.137. The Labute approximate surface area is 161 Å². The number of ether oxygens (including phenoxy) is 1. The maximum Gasteiger partial charge on any atom is 0.416 e. The molecule has 25 heavy (non-hydrogen) atoms. The third-order valence-corrected chi connectivity index (χ3v) is 4.27. The first kappa shape index (κ1) is 20.2. The van der Waals surface area contributed by atoms with E-state index in [9.17, 15) is 18.0 Å². The van der Waals surface area contributed by atoms with E-state index in [4.69, 9.17) is 51.1 Å². The fourth-order valence-electron chi connectivity index (χ4n) is 1.98. The number of hydrogen-bond donors (Lipinski definition) is 0. The summed E-state index contributed by atoms with van der Waals surface area (Å²) in [6, 6.07) is 6.01. The van der Waals surface area contributed by atoms with Gasteiger partial charge in [0.1, 0.15) is 5.75 Å². The van der Waals surface area contributed by atoms with Crippen LogP contribution in [0.1, 0.15) is 17.5 Å². The van der Waals surface area contributed by atoms with Gasteiger partial charge in [-0.2, -0.15) is 13.2 Å². The van der Waals surface area contributed by atoms with E-state index in [1.165, 1.54) is 18.2 Å². The highest BCUT2D eigenvalue weighted by Gasteiger charge is 2.32. The number of carbonyl (C=O) groups is 1. The fourth-order valence-corrected chi connectivity index (χ4v) is 2.85. The van der Waals surface area contributed by atoms with Crippen molar-refractivity contribution >= 4 is 51.6 Å². The molecule has 0 aliphatic heterocycles. The standard InChI is InChI=1S/C16H9Cl4F3O2/c17-11-3-2-10(5-8(11)1-4-14(20)24)25-15-12(18)6-9(7-13(15)19)16(21,22)23/h2-3,5-7H,1,4H2. The Bertz CT molecular complexity index is 783. The third kappa shape index (κ3) is 5.42. The van der Waals surface area contributed by atoms with Gasteiger partial charge in [0.25, 0.3) is 0 Å². The highest BCUT2D eigenvalue weighted by Crippen LogP contribution is 2.42. The van der Waals surface area contributed by atoms with E-state index in [0.29, 0.717) is 10.6 Å². The summed E-state index contributed by atoms with van der Waals surface area (Å²) in [4.78, 5) is 10.9. The summed E-state index contributed by atoms with van der Waals surface area (Å²) in [6.45, 7) is 0. The van der Waals surface area contributed by atoms with Crippen LogP contribution < -0.4 is 4.74 Å². The van der Waals surface area contributed by atoms with Gasteiger partial charge < -0.3 is 4.74 Å². The fraction of sp³-hybridized carbons (Fsp3) is 0.188. The van der Waals surface area contributed by atoms with Crippen molar-refractivity contribution in [1.82, 2.24) is 0 Å². The summed E-state index contributed by atoms with van der Waals surface area (Å²) in [5.74, 6) is 0.142. The average molecular weight is 432 g/mol. The van der Waals surface area contributed by atoms with Crippen LogP contribution >= 0.6 is 46.4 Å². The Kier molecular flexibility index (Phi) is 6.49. The SMILES string of the molecule is O=C(Cl)CCc1cc(Oc2c(Cl)cc(C(F)(F)F)cc2Cl)ccc1Cl. The van der Waals surface area contributed by atoms with Crippen molar-refractivity contribution in [3.63, 3.8) is 0 Å². The Hall–Kier alpha value is -1.14. The van der Waals surface area contributed by atoms with Crippen molar-refractivity contribution in [2.75, 3.05) is 0 Å². The number of halogens is 7. The van der Waals surface area contributed by atoms with Crippen molar-refractivity contribution in [1.29, 1.82) is 0 Å². The molecule has 0 radical (unpaired) electrons. The zero-order valence-corrected chi connectivity index (χ0v) is 15.3. The molecule has 0 aliphatic rings. The van der Waals surface area contributed by atoms with Crippen LogP contribution in [0.4, 0.5) is 13.2 Å². The number of benzene rings is 2. The van der Waals surface area contributed by atoms with Crippen LogP contribution in [0, 0.1) is 0 Å². The first-order chi connectivity index (χ1) is 11.6. The summed E-state index contributed by atoms with van der Waals surface area (Å²) >= 11 is 23.1. The lowest BCUT2D eigenvalue weighted by atomic mass is 10.1. The molecule has 2 aromatic carbocycles. The number of hydrogen-bond acceptors (Lipinski definition) is 2. The molecule has 0 saturated heterocycles. The van der Waals surface area contributed by atoms with Crippen LogP contribution in [0.2, 0.25) is 15.1 Å². The molecule has 2 nitrogen and oxygen atoms in total. The van der Waals surface area contributed by atoms with Crippen LogP contribution in [0.15, 0.2) is 30.3 Å². The second-order valence-corrected chi connectivity index (χ2v) is 6.62. The van der Waals surface area contributed by atoms with Gasteiger partial charge in [-0.15, -0.1) is 0 Å². The largest absolute Gasteiger partial charge is 0.454 e. The summed E-state index contributed by atoms with van der Waals surface area (Å²) in [5, 5.41) is -0.689. The molecule has 0 aromatic heterocycles. The molecule has 0 bridgehead atoms. The molecule has 2 rings (SSSR count). The van der Waals surface area contributed by atoms with Crippen molar-refractivity contribution < 1.29 is 22.7 Å². The average Bonchev–Trinajstić information content (AvgIpc) is 2.49. The van der Waals surface area contributed by atoms with Crippen molar-refractivity contribution in [2.45, 2.75) is 19.0 Å². The molecular weight excluding hydrogens is 423 g/mol. The zero-order valence-electron chi connectivity index (χ0n) is 12.3. The van der Waals surface area contributed by atoms with E-state index < -0.39 is 17.0 Å². The third-order valence-electron chi connectivity index (χ3n) is 3.15. The molecule has 0 amide bonds. The van der Waals surface area contributed by atoms with Crippen molar-refractivity contribution in [2.24, 2.45) is 0 Å². The van der Waals surface area contributed by atoms with E-state index in [2.05, 4.69) is 0 Å². The number of aryl methyl sites for hydroxylation is 1. The highest BCUT2D eigenvalue weighted by molar-refractivity contribution is 6.63. The predicted molar refractivity (Wildman–Crippen MR) is 92.2 cm³/mol. The van der Waals surface area contributed by atoms with Gasteiger partial charge in [-0.1, -0.05) is 34.8 Å². The smallest absolute Gasteiger partial charge is 0.416 e. The molecule has 0 spiro atoms. The predicted octanol–water partition coefficient (Wildman–Crippen LogP) is 7.16. The van der Waals surface area contributed by atoms with Gasteiger partial charge in [0.2, 0.25) is 5.24 Å². The Morgan fingerprint density at radius 2 is 1.60 bits per heavy atom. The molecule has 0 atom stereocenters. The van der Waals surface area contributed by atoms with E-state index in [1.807, 2.05) is 0 Å². The Morgan fingerprint density at radius 1 is 1.00 bits per heavy atom. The number of carbonyl (C=O) groups excluding carboxylic acids is 1. The maximum atomic E-state index is 12.7. The molecular formula is C16H9Cl4F3O2. The van der Waals surface area contributed by atoms with Crippen LogP contribution in [0.3, 0.4) is 0 Å². The summed E-state index contributed by atoms with van der Waals surface area (Å²) in [6.07, 6.45) is -4.22. The van der Waals surface area contributed by atoms with Gasteiger partial charge in [0.15, 0.2) is 5.75 Å². The second-order valence-electron chi connectivity index (χ2n) is 4.98. The van der Waals surface area contributed by atoms with Gasteiger partial charge in [-0.05, 0) is 53.9 Å². The second kappa shape index (κ2) is 8.04. The van der Waals surface area contributed by atoms with Gasteiger partial charge in [-0.3, -0.25) is 4.79 Å². The summed E-state index contributed by atoms with van der Waals surface area (Å²) in [5.41, 5.74) is -0.389. The van der Waals surface area contributed by atoms with Gasteiger partial charge in [-0.25, -0.2) is 0 Å². The topological polar surface area (TPSA) is 26.3 Å². The van der Waals surface area contributed by atoms with Crippen LogP contribution in [0.25, 0.3) is 0 Å². The van der Waals surface area contributed by atoms with E-state index in [1.54, 1.807) is 0 Å². The lowest BCUT2D eigenvalue weighted by Crippen LogP contribution is -2.05. The molecule has 0 aliphatic carbocycles. The Balaban J connectivity index is 2.31. The Morgan fingerprint density at radius 3 is 2.12 bits per heavy atom. The molecule has 134 valence electrons. The molecule has 0 saturated carbocycles. The van der Waals surface area contributed by atoms with Gasteiger partial charge in [0.05, 0.1) is 15.6 Å².